The molecule has 13 heavy (non-hydrogen) atoms. The zero-order valence-electron chi connectivity index (χ0n) is 8.12. The van der Waals surface area contributed by atoms with E-state index in [2.05, 4.69) is 30.2 Å². The van der Waals surface area contributed by atoms with Gasteiger partial charge in [0.15, 0.2) is 5.69 Å². The van der Waals surface area contributed by atoms with Crippen LogP contribution >= 0.6 is 0 Å². The number of nitrogens with zero attached hydrogens (tertiary/aromatic N) is 4. The van der Waals surface area contributed by atoms with Gasteiger partial charge in [0.05, 0.1) is 5.69 Å². The molecule has 1 rings (SSSR count). The minimum atomic E-state index is 0.482. The molecular formula is C9H14N4. The summed E-state index contributed by atoms with van der Waals surface area (Å²) in [7, 11) is 0. The lowest BCUT2D eigenvalue weighted by molar-refractivity contribution is 0.552. The Kier molecular flexibility index (Phi) is 3.44. The minimum absolute atomic E-state index is 0.482. The number of nitriles is 1. The fourth-order valence-corrected chi connectivity index (χ4v) is 1.30. The van der Waals surface area contributed by atoms with Gasteiger partial charge in [0.2, 0.25) is 0 Å². The molecule has 1 aromatic rings. The number of rotatable bonds is 4. The second-order valence-corrected chi connectivity index (χ2v) is 2.97. The summed E-state index contributed by atoms with van der Waals surface area (Å²) in [6.45, 7) is 5.03. The molecule has 0 atom stereocenters. The number of aryl methyl sites for hydroxylation is 1. The molecule has 1 aromatic heterocycles. The van der Waals surface area contributed by atoms with Crippen LogP contribution < -0.4 is 0 Å². The van der Waals surface area contributed by atoms with Crippen LogP contribution in [0.5, 0.6) is 0 Å². The molecule has 0 aliphatic carbocycles. The van der Waals surface area contributed by atoms with Gasteiger partial charge < -0.3 is 0 Å². The van der Waals surface area contributed by atoms with Crippen molar-refractivity contribution in [1.82, 2.24) is 15.0 Å². The highest BCUT2D eigenvalue weighted by atomic mass is 15.4. The molecule has 0 bridgehead atoms. The van der Waals surface area contributed by atoms with Gasteiger partial charge in [-0.25, -0.2) is 4.68 Å². The maximum atomic E-state index is 8.76. The fourth-order valence-electron chi connectivity index (χ4n) is 1.30. The molecule has 1 heterocycles. The number of aromatic nitrogens is 3. The lowest BCUT2D eigenvalue weighted by atomic mass is 10.2. The van der Waals surface area contributed by atoms with Crippen LogP contribution in [0.1, 0.15) is 38.1 Å². The predicted molar refractivity (Wildman–Crippen MR) is 49.0 cm³/mol. The van der Waals surface area contributed by atoms with E-state index in [1.165, 1.54) is 0 Å². The predicted octanol–water partition coefficient (Wildman–Crippen LogP) is 1.51. The molecule has 0 spiro atoms. The molecule has 0 N–H and O–H groups in total. The van der Waals surface area contributed by atoms with Gasteiger partial charge in [-0.15, -0.1) is 5.10 Å². The lowest BCUT2D eigenvalue weighted by Crippen LogP contribution is -2.04. The molecule has 0 aliphatic heterocycles. The molecule has 4 heteroatoms. The lowest BCUT2D eigenvalue weighted by Gasteiger charge is -2.02. The Morgan fingerprint density at radius 2 is 2.15 bits per heavy atom. The highest BCUT2D eigenvalue weighted by Gasteiger charge is 2.09. The zero-order chi connectivity index (χ0) is 9.68. The van der Waals surface area contributed by atoms with Gasteiger partial charge in [-0.05, 0) is 12.8 Å². The van der Waals surface area contributed by atoms with Crippen LogP contribution in [-0.4, -0.2) is 15.0 Å². The largest absolute Gasteiger partial charge is 0.248 e. The fraction of sp³-hybridized carbons (Fsp3) is 0.667. The zero-order valence-corrected chi connectivity index (χ0v) is 8.12. The van der Waals surface area contributed by atoms with E-state index in [-0.39, 0.29) is 0 Å². The normalized spacial score (nSPS) is 9.92. The van der Waals surface area contributed by atoms with E-state index in [9.17, 15) is 0 Å². The molecule has 4 nitrogen and oxygen atoms in total. The Labute approximate surface area is 78.2 Å². The van der Waals surface area contributed by atoms with Crippen molar-refractivity contribution in [3.05, 3.63) is 11.4 Å². The van der Waals surface area contributed by atoms with Crippen molar-refractivity contribution in [3.63, 3.8) is 0 Å². The Balaban J connectivity index is 2.93. The van der Waals surface area contributed by atoms with Gasteiger partial charge >= 0.3 is 0 Å². The van der Waals surface area contributed by atoms with Crippen molar-refractivity contribution in [1.29, 1.82) is 5.26 Å². The van der Waals surface area contributed by atoms with Gasteiger partial charge in [0, 0.05) is 6.54 Å². The van der Waals surface area contributed by atoms with Crippen LogP contribution in [0, 0.1) is 11.3 Å². The van der Waals surface area contributed by atoms with Gasteiger partial charge in [0.25, 0.3) is 0 Å². The summed E-state index contributed by atoms with van der Waals surface area (Å²) in [5.74, 6) is 0. The van der Waals surface area contributed by atoms with Crippen molar-refractivity contribution < 1.29 is 0 Å². The second-order valence-electron chi connectivity index (χ2n) is 2.97. The van der Waals surface area contributed by atoms with E-state index < -0.39 is 0 Å². The van der Waals surface area contributed by atoms with Crippen molar-refractivity contribution in [2.24, 2.45) is 0 Å². The molecule has 0 amide bonds. The first-order valence-electron chi connectivity index (χ1n) is 4.65. The van der Waals surface area contributed by atoms with E-state index >= 15 is 0 Å². The van der Waals surface area contributed by atoms with Crippen LogP contribution in [0.2, 0.25) is 0 Å². The third-order valence-corrected chi connectivity index (χ3v) is 1.87. The smallest absolute Gasteiger partial charge is 0.185 e. The standard InChI is InChI=1S/C9H14N4/c1-3-5-9-8(7-10)11-12-13(9)6-4-2/h3-6H2,1-2H3. The molecule has 0 saturated carbocycles. The maximum absolute atomic E-state index is 8.76. The molecular weight excluding hydrogens is 164 g/mol. The Bertz CT molecular complexity index is 308. The van der Waals surface area contributed by atoms with Crippen molar-refractivity contribution in [3.8, 4) is 6.07 Å². The quantitative estimate of drug-likeness (QED) is 0.702. The Morgan fingerprint density at radius 1 is 1.38 bits per heavy atom. The van der Waals surface area contributed by atoms with E-state index in [0.29, 0.717) is 5.69 Å². The van der Waals surface area contributed by atoms with Gasteiger partial charge in [0.1, 0.15) is 6.07 Å². The third-order valence-electron chi connectivity index (χ3n) is 1.87. The van der Waals surface area contributed by atoms with E-state index in [1.54, 1.807) is 0 Å². The van der Waals surface area contributed by atoms with Crippen molar-refractivity contribution >= 4 is 0 Å². The summed E-state index contributed by atoms with van der Waals surface area (Å²) < 4.78 is 1.84. The number of hydrogen-bond acceptors (Lipinski definition) is 3. The van der Waals surface area contributed by atoms with Crippen LogP contribution in [0.4, 0.5) is 0 Å². The molecule has 0 radical (unpaired) electrons. The van der Waals surface area contributed by atoms with E-state index in [0.717, 1.165) is 31.5 Å². The average molecular weight is 178 g/mol. The monoisotopic (exact) mass is 178 g/mol. The molecule has 0 aliphatic rings. The van der Waals surface area contributed by atoms with Crippen LogP contribution in [0.15, 0.2) is 0 Å². The molecule has 0 aromatic carbocycles. The minimum Gasteiger partial charge on any atom is -0.248 e. The SMILES string of the molecule is CCCc1c(C#N)nnn1CCC. The summed E-state index contributed by atoms with van der Waals surface area (Å²) in [5, 5.41) is 16.5. The highest BCUT2D eigenvalue weighted by molar-refractivity contribution is 5.24. The Hall–Kier alpha value is -1.37. The first-order chi connectivity index (χ1) is 6.33. The third kappa shape index (κ3) is 2.05. The summed E-state index contributed by atoms with van der Waals surface area (Å²) in [4.78, 5) is 0. The first-order valence-corrected chi connectivity index (χ1v) is 4.65. The first kappa shape index (κ1) is 9.72. The van der Waals surface area contributed by atoms with Crippen molar-refractivity contribution in [2.75, 3.05) is 0 Å². The van der Waals surface area contributed by atoms with Crippen LogP contribution in [0.25, 0.3) is 0 Å². The summed E-state index contributed by atoms with van der Waals surface area (Å²) in [6.07, 6.45) is 2.92. The molecule has 0 fully saturated rings. The van der Waals surface area contributed by atoms with Crippen molar-refractivity contribution in [2.45, 2.75) is 39.7 Å². The van der Waals surface area contributed by atoms with Crippen LogP contribution in [-0.2, 0) is 13.0 Å². The summed E-state index contributed by atoms with van der Waals surface area (Å²) in [5.41, 5.74) is 1.46. The molecule has 0 saturated heterocycles. The summed E-state index contributed by atoms with van der Waals surface area (Å²) in [6, 6.07) is 2.06. The van der Waals surface area contributed by atoms with Gasteiger partial charge in [-0.1, -0.05) is 25.5 Å². The Morgan fingerprint density at radius 3 is 2.69 bits per heavy atom. The molecule has 70 valence electrons. The van der Waals surface area contributed by atoms with E-state index in [4.69, 9.17) is 5.26 Å². The average Bonchev–Trinajstić information content (AvgIpc) is 2.50. The number of hydrogen-bond donors (Lipinski definition) is 0. The highest BCUT2D eigenvalue weighted by Crippen LogP contribution is 2.07. The molecule has 0 unspecified atom stereocenters. The van der Waals surface area contributed by atoms with Crippen LogP contribution in [0.3, 0.4) is 0 Å². The summed E-state index contributed by atoms with van der Waals surface area (Å²) >= 11 is 0. The maximum Gasteiger partial charge on any atom is 0.185 e. The second kappa shape index (κ2) is 4.61. The van der Waals surface area contributed by atoms with Gasteiger partial charge in [-0.3, -0.25) is 0 Å². The van der Waals surface area contributed by atoms with E-state index in [1.807, 2.05) is 4.68 Å². The van der Waals surface area contributed by atoms with Gasteiger partial charge in [-0.2, -0.15) is 5.26 Å². The topological polar surface area (TPSA) is 54.5 Å².